The fraction of sp³-hybridized carbons (Fsp3) is 0.333. The van der Waals surface area contributed by atoms with E-state index in [1.165, 1.54) is 16.7 Å². The Morgan fingerprint density at radius 3 is 1.48 bits per heavy atom. The Morgan fingerprint density at radius 1 is 0.655 bits per heavy atom. The third kappa shape index (κ3) is 2.41. The van der Waals surface area contributed by atoms with Crippen LogP contribution in [0.2, 0.25) is 0 Å². The second kappa shape index (κ2) is 6.13. The SMILES string of the molecule is Cc1cc2c(c(C)c1O)C(C)(C)c1c(cc(C)c(O)c1C)C2(C)c1ccccc1. The molecule has 0 atom stereocenters. The Kier molecular flexibility index (Phi) is 4.13. The van der Waals surface area contributed by atoms with Crippen molar-refractivity contribution in [1.29, 1.82) is 0 Å². The number of aryl methyl sites for hydroxylation is 2. The highest BCUT2D eigenvalue weighted by atomic mass is 16.3. The average Bonchev–Trinajstić information content (AvgIpc) is 2.68. The van der Waals surface area contributed by atoms with E-state index < -0.39 is 0 Å². The van der Waals surface area contributed by atoms with E-state index in [0.29, 0.717) is 11.5 Å². The van der Waals surface area contributed by atoms with Crippen LogP contribution in [0.25, 0.3) is 0 Å². The van der Waals surface area contributed by atoms with Gasteiger partial charge in [0.1, 0.15) is 11.5 Å². The summed E-state index contributed by atoms with van der Waals surface area (Å²) in [6, 6.07) is 14.9. The van der Waals surface area contributed by atoms with Crippen molar-refractivity contribution >= 4 is 0 Å². The zero-order valence-corrected chi connectivity index (χ0v) is 18.4. The van der Waals surface area contributed by atoms with Crippen LogP contribution in [0.5, 0.6) is 11.5 Å². The predicted molar refractivity (Wildman–Crippen MR) is 119 cm³/mol. The van der Waals surface area contributed by atoms with E-state index in [-0.39, 0.29) is 10.8 Å². The number of benzene rings is 3. The minimum atomic E-state index is -0.381. The molecule has 0 aromatic heterocycles. The van der Waals surface area contributed by atoms with Crippen LogP contribution in [0.1, 0.15) is 70.8 Å². The zero-order valence-electron chi connectivity index (χ0n) is 18.4. The molecule has 0 radical (unpaired) electrons. The summed E-state index contributed by atoms with van der Waals surface area (Å²) < 4.78 is 0. The lowest BCUT2D eigenvalue weighted by atomic mass is 9.55. The van der Waals surface area contributed by atoms with E-state index >= 15 is 0 Å². The number of phenolic OH excluding ortho intramolecular Hbond substituents is 2. The normalized spacial score (nSPS) is 16.2. The van der Waals surface area contributed by atoms with Crippen molar-refractivity contribution in [3.05, 3.63) is 92.5 Å². The summed E-state index contributed by atoms with van der Waals surface area (Å²) >= 11 is 0. The first-order valence-corrected chi connectivity index (χ1v) is 10.3. The molecule has 0 fully saturated rings. The summed E-state index contributed by atoms with van der Waals surface area (Å²) in [5, 5.41) is 21.6. The summed E-state index contributed by atoms with van der Waals surface area (Å²) in [6.45, 7) is 14.7. The van der Waals surface area contributed by atoms with Gasteiger partial charge in [-0.15, -0.1) is 0 Å². The molecule has 3 aromatic rings. The molecule has 4 rings (SSSR count). The topological polar surface area (TPSA) is 40.5 Å². The van der Waals surface area contributed by atoms with E-state index in [2.05, 4.69) is 57.2 Å². The maximum absolute atomic E-state index is 10.8. The van der Waals surface area contributed by atoms with E-state index in [0.717, 1.165) is 33.4 Å². The quantitative estimate of drug-likeness (QED) is 0.513. The molecule has 1 aliphatic rings. The molecule has 0 amide bonds. The molecule has 2 N–H and O–H groups in total. The van der Waals surface area contributed by atoms with Crippen molar-refractivity contribution in [3.8, 4) is 11.5 Å². The number of hydrogen-bond donors (Lipinski definition) is 2. The Bertz CT molecular complexity index is 1070. The first kappa shape index (κ1) is 19.6. The van der Waals surface area contributed by atoms with Crippen molar-refractivity contribution in [2.24, 2.45) is 0 Å². The molecule has 1 aliphatic carbocycles. The lowest BCUT2D eigenvalue weighted by Gasteiger charge is -2.48. The predicted octanol–water partition coefficient (Wildman–Crippen LogP) is 6.33. The molecule has 0 spiro atoms. The van der Waals surface area contributed by atoms with E-state index in [9.17, 15) is 10.2 Å². The third-order valence-electron chi connectivity index (χ3n) is 7.15. The first-order chi connectivity index (χ1) is 13.5. The van der Waals surface area contributed by atoms with Crippen molar-refractivity contribution in [2.45, 2.75) is 59.3 Å². The second-order valence-corrected chi connectivity index (χ2v) is 9.30. The van der Waals surface area contributed by atoms with Gasteiger partial charge in [-0.2, -0.15) is 0 Å². The fourth-order valence-corrected chi connectivity index (χ4v) is 5.70. The van der Waals surface area contributed by atoms with Crippen LogP contribution in [-0.2, 0) is 10.8 Å². The second-order valence-electron chi connectivity index (χ2n) is 9.30. The zero-order chi connectivity index (χ0) is 21.3. The highest BCUT2D eigenvalue weighted by Crippen LogP contribution is 2.57. The minimum absolute atomic E-state index is 0.344. The van der Waals surface area contributed by atoms with Gasteiger partial charge in [-0.25, -0.2) is 0 Å². The third-order valence-corrected chi connectivity index (χ3v) is 7.15. The van der Waals surface area contributed by atoms with Crippen LogP contribution in [0.4, 0.5) is 0 Å². The van der Waals surface area contributed by atoms with E-state index in [4.69, 9.17) is 0 Å². The summed E-state index contributed by atoms with van der Waals surface area (Å²) in [4.78, 5) is 0. The summed E-state index contributed by atoms with van der Waals surface area (Å²) in [7, 11) is 0. The lowest BCUT2D eigenvalue weighted by Crippen LogP contribution is -2.40. The van der Waals surface area contributed by atoms with Crippen molar-refractivity contribution in [2.75, 3.05) is 0 Å². The maximum atomic E-state index is 10.8. The number of rotatable bonds is 1. The molecule has 0 bridgehead atoms. The maximum Gasteiger partial charge on any atom is 0.121 e. The summed E-state index contributed by atoms with van der Waals surface area (Å²) in [5.74, 6) is 0.731. The minimum Gasteiger partial charge on any atom is -0.507 e. The molecule has 150 valence electrons. The number of phenols is 2. The van der Waals surface area contributed by atoms with Gasteiger partial charge in [0, 0.05) is 10.8 Å². The molecule has 0 unspecified atom stereocenters. The first-order valence-electron chi connectivity index (χ1n) is 10.3. The van der Waals surface area contributed by atoms with Crippen molar-refractivity contribution in [3.63, 3.8) is 0 Å². The van der Waals surface area contributed by atoms with Gasteiger partial charge in [-0.3, -0.25) is 0 Å². The fourth-order valence-electron chi connectivity index (χ4n) is 5.70. The van der Waals surface area contributed by atoms with Gasteiger partial charge < -0.3 is 10.2 Å². The molecule has 0 saturated heterocycles. The monoisotopic (exact) mass is 386 g/mol. The Hall–Kier alpha value is -2.74. The van der Waals surface area contributed by atoms with Gasteiger partial charge in [0.25, 0.3) is 0 Å². The highest BCUT2D eigenvalue weighted by Gasteiger charge is 2.47. The molecule has 0 heterocycles. The number of fused-ring (bicyclic) bond motifs is 2. The molecule has 0 aliphatic heterocycles. The highest BCUT2D eigenvalue weighted by molar-refractivity contribution is 5.71. The van der Waals surface area contributed by atoms with E-state index in [1.807, 2.05) is 33.8 Å². The van der Waals surface area contributed by atoms with Gasteiger partial charge in [-0.05, 0) is 84.7 Å². The van der Waals surface area contributed by atoms with Gasteiger partial charge >= 0.3 is 0 Å². The molecule has 2 nitrogen and oxygen atoms in total. The molecule has 29 heavy (non-hydrogen) atoms. The number of aromatic hydroxyl groups is 2. The average molecular weight is 387 g/mol. The Morgan fingerprint density at radius 2 is 1.07 bits per heavy atom. The Labute approximate surface area is 173 Å². The molecular formula is C27H30O2. The van der Waals surface area contributed by atoms with Crippen molar-refractivity contribution < 1.29 is 10.2 Å². The van der Waals surface area contributed by atoms with Crippen LogP contribution in [0.3, 0.4) is 0 Å². The van der Waals surface area contributed by atoms with Gasteiger partial charge in [0.15, 0.2) is 0 Å². The molecule has 2 heteroatoms. The standard InChI is InChI=1S/C27H30O2/c1-15-13-20-22(17(3)24(15)28)26(5,6)23-18(4)25(29)16(2)14-21(23)27(20,7)19-11-9-8-10-12-19/h8-14,28-29H,1-7H3. The van der Waals surface area contributed by atoms with Crippen molar-refractivity contribution in [1.82, 2.24) is 0 Å². The molecular weight excluding hydrogens is 356 g/mol. The largest absolute Gasteiger partial charge is 0.507 e. The van der Waals surface area contributed by atoms with Crippen LogP contribution >= 0.6 is 0 Å². The van der Waals surface area contributed by atoms with Gasteiger partial charge in [0.05, 0.1) is 0 Å². The smallest absolute Gasteiger partial charge is 0.121 e. The molecule has 0 saturated carbocycles. The summed E-state index contributed by atoms with van der Waals surface area (Å²) in [5.41, 5.74) is 8.93. The van der Waals surface area contributed by atoms with E-state index in [1.54, 1.807) is 0 Å². The van der Waals surface area contributed by atoms with Crippen LogP contribution in [0.15, 0.2) is 42.5 Å². The van der Waals surface area contributed by atoms with Gasteiger partial charge in [-0.1, -0.05) is 56.3 Å². The lowest BCUT2D eigenvalue weighted by molar-refractivity contribution is 0.449. The van der Waals surface area contributed by atoms with Crippen LogP contribution in [-0.4, -0.2) is 10.2 Å². The molecule has 3 aromatic carbocycles. The number of hydrogen-bond acceptors (Lipinski definition) is 2. The van der Waals surface area contributed by atoms with Gasteiger partial charge in [0.2, 0.25) is 0 Å². The van der Waals surface area contributed by atoms with Crippen LogP contribution in [0, 0.1) is 27.7 Å². The summed E-state index contributed by atoms with van der Waals surface area (Å²) in [6.07, 6.45) is 0. The van der Waals surface area contributed by atoms with Crippen LogP contribution < -0.4 is 0 Å². The Balaban J connectivity index is 2.27.